The Hall–Kier alpha value is -0.920. The van der Waals surface area contributed by atoms with Crippen molar-refractivity contribution in [3.05, 3.63) is 12.3 Å². The molecule has 2 rings (SSSR count). The molecule has 0 aromatic heterocycles. The molecule has 30 heavy (non-hydrogen) atoms. The van der Waals surface area contributed by atoms with Gasteiger partial charge in [0.1, 0.15) is 6.10 Å². The molecule has 0 bridgehead atoms. The standard InChI is InChI=1S/C21H36FN2O5P/c1-7-8-9-12-27-30(24(14(2)3)15(4)5)29-20-16(6)28-21(19(20)22)23-11-10-17(25)13-18(23)26/h10-11,14-16,19-21H,7-9,12-13H2,1-6H3/i6D. The molecule has 5 unspecified atom stereocenters. The minimum atomic E-state index is -1.66. The van der Waals surface area contributed by atoms with Gasteiger partial charge in [-0.05, 0) is 47.1 Å². The van der Waals surface area contributed by atoms with Gasteiger partial charge < -0.3 is 13.8 Å². The summed E-state index contributed by atoms with van der Waals surface area (Å²) in [5.74, 6) is -0.846. The van der Waals surface area contributed by atoms with E-state index in [-0.39, 0.29) is 31.2 Å². The van der Waals surface area contributed by atoms with E-state index in [0.29, 0.717) is 6.61 Å². The SMILES string of the molecule is [2H]CC1OC(N2C=CC(=O)CC2=O)C(F)C1OP(OCCCCC)N(C(C)C)C(C)C. The molecule has 0 spiro atoms. The second-order valence-corrected chi connectivity index (χ2v) is 9.59. The Morgan fingerprint density at radius 1 is 1.33 bits per heavy atom. The summed E-state index contributed by atoms with van der Waals surface area (Å²) in [6.45, 7) is 10.5. The Kier molecular flexibility index (Phi) is 9.20. The second kappa shape index (κ2) is 11.6. The number of unbranched alkanes of at least 4 members (excludes halogenated alkanes) is 2. The van der Waals surface area contributed by atoms with Gasteiger partial charge in [-0.2, -0.15) is 0 Å². The lowest BCUT2D eigenvalue weighted by Gasteiger charge is -2.37. The van der Waals surface area contributed by atoms with Crippen LogP contribution in [0.3, 0.4) is 0 Å². The number of ketones is 1. The topological polar surface area (TPSA) is 68.3 Å². The minimum Gasteiger partial charge on any atom is -0.349 e. The molecule has 0 aliphatic carbocycles. The number of amides is 1. The molecule has 0 radical (unpaired) electrons. The average Bonchev–Trinajstić information content (AvgIpc) is 3.00. The lowest BCUT2D eigenvalue weighted by atomic mass is 10.1. The molecule has 0 aromatic carbocycles. The molecule has 172 valence electrons. The minimum absolute atomic E-state index is 0.112. The highest BCUT2D eigenvalue weighted by atomic mass is 31.2. The fraction of sp³-hybridized carbons (Fsp3) is 0.810. The molecule has 2 heterocycles. The van der Waals surface area contributed by atoms with Gasteiger partial charge in [-0.25, -0.2) is 9.06 Å². The van der Waals surface area contributed by atoms with Crippen LogP contribution in [-0.4, -0.2) is 64.6 Å². The van der Waals surface area contributed by atoms with Crippen LogP contribution in [0.25, 0.3) is 0 Å². The maximum atomic E-state index is 15.5. The number of allylic oxidation sites excluding steroid dienone is 1. The van der Waals surface area contributed by atoms with Crippen LogP contribution in [0.2, 0.25) is 0 Å². The summed E-state index contributed by atoms with van der Waals surface area (Å²) in [7, 11) is -1.59. The van der Waals surface area contributed by atoms with Crippen LogP contribution in [0.15, 0.2) is 12.3 Å². The molecule has 2 aliphatic rings. The van der Waals surface area contributed by atoms with Crippen LogP contribution < -0.4 is 0 Å². The Morgan fingerprint density at radius 3 is 2.60 bits per heavy atom. The molecule has 0 saturated carbocycles. The van der Waals surface area contributed by atoms with Crippen LogP contribution >= 0.6 is 8.53 Å². The zero-order chi connectivity index (χ0) is 23.1. The summed E-state index contributed by atoms with van der Waals surface area (Å²) in [6, 6.07) is 0.223. The fourth-order valence-corrected chi connectivity index (χ4v) is 5.34. The van der Waals surface area contributed by atoms with Gasteiger partial charge in [0.05, 0.1) is 19.1 Å². The zero-order valence-corrected chi connectivity index (χ0v) is 19.5. The molecule has 0 aromatic rings. The first-order chi connectivity index (χ1) is 14.7. The predicted octanol–water partition coefficient (Wildman–Crippen LogP) is 4.32. The van der Waals surface area contributed by atoms with E-state index in [1.54, 1.807) is 0 Å². The normalized spacial score (nSPS) is 28.8. The highest BCUT2D eigenvalue weighted by Crippen LogP contribution is 2.49. The molecule has 7 nitrogen and oxygen atoms in total. The number of hydrogen-bond donors (Lipinski definition) is 0. The quantitative estimate of drug-likeness (QED) is 0.267. The van der Waals surface area contributed by atoms with Gasteiger partial charge in [-0.3, -0.25) is 14.5 Å². The molecule has 1 fully saturated rings. The third kappa shape index (κ3) is 6.30. The van der Waals surface area contributed by atoms with Crippen molar-refractivity contribution in [1.82, 2.24) is 9.57 Å². The lowest BCUT2D eigenvalue weighted by Crippen LogP contribution is -2.45. The van der Waals surface area contributed by atoms with Crippen LogP contribution in [0.4, 0.5) is 4.39 Å². The van der Waals surface area contributed by atoms with E-state index in [1.807, 2.05) is 27.7 Å². The van der Waals surface area contributed by atoms with E-state index >= 15 is 4.39 Å². The third-order valence-corrected chi connectivity index (χ3v) is 7.11. The van der Waals surface area contributed by atoms with Gasteiger partial charge in [0.2, 0.25) is 5.91 Å². The molecule has 2 aliphatic heterocycles. The van der Waals surface area contributed by atoms with Crippen molar-refractivity contribution in [2.75, 3.05) is 6.61 Å². The van der Waals surface area contributed by atoms with E-state index < -0.39 is 39.0 Å². The highest BCUT2D eigenvalue weighted by molar-refractivity contribution is 7.44. The Balaban J connectivity index is 2.19. The maximum absolute atomic E-state index is 15.5. The van der Waals surface area contributed by atoms with Crippen molar-refractivity contribution in [2.45, 2.75) is 104 Å². The first-order valence-electron chi connectivity index (χ1n) is 11.4. The van der Waals surface area contributed by atoms with E-state index in [9.17, 15) is 9.59 Å². The first kappa shape index (κ1) is 23.7. The number of nitrogens with zero attached hydrogens (tertiary/aromatic N) is 2. The van der Waals surface area contributed by atoms with Gasteiger partial charge in [0.15, 0.2) is 18.2 Å². The Labute approximate surface area is 182 Å². The summed E-state index contributed by atoms with van der Waals surface area (Å²) >= 11 is 0. The molecule has 5 atom stereocenters. The van der Waals surface area contributed by atoms with E-state index in [2.05, 4.69) is 11.6 Å². The summed E-state index contributed by atoms with van der Waals surface area (Å²) in [5.41, 5.74) is 0. The monoisotopic (exact) mass is 447 g/mol. The van der Waals surface area contributed by atoms with Crippen LogP contribution in [0.5, 0.6) is 0 Å². The van der Waals surface area contributed by atoms with Gasteiger partial charge in [0, 0.05) is 19.7 Å². The zero-order valence-electron chi connectivity index (χ0n) is 19.6. The summed E-state index contributed by atoms with van der Waals surface area (Å²) < 4.78 is 43.4. The van der Waals surface area contributed by atoms with Crippen LogP contribution in [0, 0.1) is 0 Å². The largest absolute Gasteiger partial charge is 0.349 e. The van der Waals surface area contributed by atoms with Crippen molar-refractivity contribution in [1.29, 1.82) is 0 Å². The van der Waals surface area contributed by atoms with Crippen molar-refractivity contribution in [3.8, 4) is 0 Å². The van der Waals surface area contributed by atoms with E-state index in [1.165, 1.54) is 12.3 Å². The summed E-state index contributed by atoms with van der Waals surface area (Å²) in [4.78, 5) is 24.8. The van der Waals surface area contributed by atoms with Crippen molar-refractivity contribution >= 4 is 20.2 Å². The number of alkyl halides is 1. The number of carbonyl (C=O) groups is 2. The molecule has 1 amide bonds. The fourth-order valence-electron chi connectivity index (χ4n) is 3.54. The third-order valence-electron chi connectivity index (χ3n) is 4.98. The molecule has 0 N–H and O–H groups in total. The van der Waals surface area contributed by atoms with Crippen molar-refractivity contribution < 1.29 is 29.1 Å². The smallest absolute Gasteiger partial charge is 0.259 e. The highest BCUT2D eigenvalue weighted by Gasteiger charge is 2.50. The maximum Gasteiger partial charge on any atom is 0.259 e. The predicted molar refractivity (Wildman–Crippen MR) is 114 cm³/mol. The number of halogens is 1. The second-order valence-electron chi connectivity index (χ2n) is 8.19. The number of rotatable bonds is 11. The number of hydrogen-bond acceptors (Lipinski definition) is 6. The van der Waals surface area contributed by atoms with Gasteiger partial charge in [-0.1, -0.05) is 19.8 Å². The molecular weight excluding hydrogens is 410 g/mol. The Morgan fingerprint density at radius 2 is 2.03 bits per heavy atom. The summed E-state index contributed by atoms with van der Waals surface area (Å²) in [5, 5.41) is 0. The van der Waals surface area contributed by atoms with E-state index in [0.717, 1.165) is 24.2 Å². The van der Waals surface area contributed by atoms with E-state index in [4.69, 9.17) is 15.2 Å². The van der Waals surface area contributed by atoms with Gasteiger partial charge in [-0.15, -0.1) is 0 Å². The lowest BCUT2D eigenvalue weighted by molar-refractivity contribution is -0.145. The van der Waals surface area contributed by atoms with Crippen LogP contribution in [0.1, 0.15) is 68.6 Å². The molecule has 9 heteroatoms. The Bertz CT molecular complexity index is 631. The average molecular weight is 448 g/mol. The molecule has 1 saturated heterocycles. The van der Waals surface area contributed by atoms with Crippen LogP contribution in [-0.2, 0) is 23.4 Å². The van der Waals surface area contributed by atoms with Gasteiger partial charge in [0.25, 0.3) is 8.53 Å². The number of ether oxygens (including phenoxy) is 1. The van der Waals surface area contributed by atoms with Gasteiger partial charge >= 0.3 is 0 Å². The number of carbonyl (C=O) groups excluding carboxylic acids is 2. The van der Waals surface area contributed by atoms with Crippen molar-refractivity contribution in [3.63, 3.8) is 0 Å². The van der Waals surface area contributed by atoms with Crippen molar-refractivity contribution in [2.24, 2.45) is 0 Å². The summed E-state index contributed by atoms with van der Waals surface area (Å²) in [6.07, 6.45) is 0.385. The molecular formula is C21H36FN2O5P. The first-order valence-corrected chi connectivity index (χ1v) is 11.8.